The Morgan fingerprint density at radius 1 is 1.00 bits per heavy atom. The highest BCUT2D eigenvalue weighted by atomic mass is 35.5. The van der Waals surface area contributed by atoms with Crippen LogP contribution in [-0.2, 0) is 38.7 Å². The number of carbonyl (C=O) groups excluding carboxylic acids is 3. The van der Waals surface area contributed by atoms with Crippen LogP contribution in [0, 0.1) is 6.92 Å². The lowest BCUT2D eigenvalue weighted by molar-refractivity contribution is -0.144. The number of anilines is 2. The molecule has 5 rings (SSSR count). The van der Waals surface area contributed by atoms with Crippen molar-refractivity contribution in [2.24, 2.45) is 7.05 Å². The summed E-state index contributed by atoms with van der Waals surface area (Å²) in [5.41, 5.74) is -0.160. The molecule has 4 aromatic rings. The molecule has 0 spiro atoms. The van der Waals surface area contributed by atoms with Crippen LogP contribution in [0.2, 0.25) is 5.02 Å². The molecule has 0 bridgehead atoms. The molecular weight excluding hydrogens is 875 g/mol. The molecule has 2 heterocycles. The van der Waals surface area contributed by atoms with E-state index in [1.54, 1.807) is 23.6 Å². The third kappa shape index (κ3) is 12.5. The van der Waals surface area contributed by atoms with Gasteiger partial charge in [0.05, 0.1) is 39.8 Å². The highest BCUT2D eigenvalue weighted by Gasteiger charge is 2.35. The number of hydrogen-bond acceptors (Lipinski definition) is 8. The molecular formula is C41H45Cl4F3N4O8. The van der Waals surface area contributed by atoms with E-state index in [-0.39, 0.29) is 46.7 Å². The SMILES string of the molecule is CC(C)OC(=O)c1cc(-n2c(=O)cc(C(F)(F)F)n(C)c2=O)ccc1Cl.CC1COc2ccccc2N1C(=O)C(Cl)Cl.CCOCN(C(=O)CCl)c1c(C)cccc1CC. The van der Waals surface area contributed by atoms with Crippen LogP contribution in [0.15, 0.2) is 76.3 Å². The number of amides is 2. The first-order valence-electron chi connectivity index (χ1n) is 18.5. The second-order valence-electron chi connectivity index (χ2n) is 13.3. The Bertz CT molecular complexity index is 2270. The first kappa shape index (κ1) is 49.8. The predicted octanol–water partition coefficient (Wildman–Crippen LogP) is 8.50. The zero-order valence-corrected chi connectivity index (χ0v) is 36.8. The quantitative estimate of drug-likeness (QED) is 0.0881. The number of nitrogens with zero attached hydrogens (tertiary/aromatic N) is 4. The van der Waals surface area contributed by atoms with Crippen LogP contribution in [0.5, 0.6) is 5.75 Å². The zero-order valence-electron chi connectivity index (χ0n) is 33.8. The van der Waals surface area contributed by atoms with Gasteiger partial charge < -0.3 is 19.1 Å². The number of para-hydroxylation sites is 3. The van der Waals surface area contributed by atoms with Gasteiger partial charge in [-0.2, -0.15) is 13.2 Å². The van der Waals surface area contributed by atoms with E-state index >= 15 is 0 Å². The molecule has 1 atom stereocenters. The summed E-state index contributed by atoms with van der Waals surface area (Å²) in [6.07, 6.45) is -4.43. The summed E-state index contributed by atoms with van der Waals surface area (Å²) in [7, 11) is 0.894. The molecule has 2 amide bonds. The van der Waals surface area contributed by atoms with Crippen LogP contribution in [0.4, 0.5) is 24.5 Å². The molecule has 12 nitrogen and oxygen atoms in total. The van der Waals surface area contributed by atoms with Gasteiger partial charge in [-0.3, -0.25) is 23.9 Å². The minimum atomic E-state index is -4.86. The van der Waals surface area contributed by atoms with E-state index in [0.29, 0.717) is 34.2 Å². The molecule has 19 heteroatoms. The van der Waals surface area contributed by atoms with Crippen molar-refractivity contribution in [3.05, 3.63) is 115 Å². The van der Waals surface area contributed by atoms with Gasteiger partial charge in [-0.05, 0) is 82.5 Å². The molecule has 60 heavy (non-hydrogen) atoms. The summed E-state index contributed by atoms with van der Waals surface area (Å²) < 4.78 is 55.4. The second-order valence-corrected chi connectivity index (χ2v) is 15.1. The third-order valence-electron chi connectivity index (χ3n) is 8.66. The van der Waals surface area contributed by atoms with Gasteiger partial charge >= 0.3 is 17.8 Å². The Morgan fingerprint density at radius 2 is 1.67 bits per heavy atom. The topological polar surface area (TPSA) is 129 Å². The molecule has 1 aliphatic heterocycles. The molecule has 0 saturated heterocycles. The molecule has 0 N–H and O–H groups in total. The predicted molar refractivity (Wildman–Crippen MR) is 227 cm³/mol. The summed E-state index contributed by atoms with van der Waals surface area (Å²) in [4.78, 5) is 62.4. The van der Waals surface area contributed by atoms with E-state index in [9.17, 15) is 37.1 Å². The molecule has 0 fully saturated rings. The van der Waals surface area contributed by atoms with E-state index in [4.69, 9.17) is 60.6 Å². The second kappa shape index (κ2) is 22.3. The Balaban J connectivity index is 0.000000249. The fourth-order valence-corrected chi connectivity index (χ4v) is 6.42. The number of alkyl halides is 6. The van der Waals surface area contributed by atoms with E-state index in [2.05, 4.69) is 6.92 Å². The average molecular weight is 921 g/mol. The zero-order chi connectivity index (χ0) is 45.1. The first-order valence-corrected chi connectivity index (χ1v) is 20.2. The van der Waals surface area contributed by atoms with Crippen LogP contribution in [0.1, 0.15) is 61.8 Å². The number of ether oxygens (including phenoxy) is 3. The maximum Gasteiger partial charge on any atom is 0.431 e. The van der Waals surface area contributed by atoms with Crippen molar-refractivity contribution in [2.75, 3.05) is 35.6 Å². The number of aryl methyl sites for hydroxylation is 2. The summed E-state index contributed by atoms with van der Waals surface area (Å²) in [6.45, 7) is 12.4. The van der Waals surface area contributed by atoms with Crippen molar-refractivity contribution in [3.8, 4) is 11.4 Å². The first-order chi connectivity index (χ1) is 28.2. The number of fused-ring (bicyclic) bond motifs is 1. The van der Waals surface area contributed by atoms with Gasteiger partial charge in [-0.15, -0.1) is 11.6 Å². The molecule has 1 unspecified atom stereocenters. The van der Waals surface area contributed by atoms with Gasteiger partial charge in [0.2, 0.25) is 5.91 Å². The van der Waals surface area contributed by atoms with Crippen molar-refractivity contribution in [2.45, 2.75) is 71.1 Å². The molecule has 326 valence electrons. The van der Waals surface area contributed by atoms with Crippen molar-refractivity contribution < 1.29 is 41.8 Å². The molecule has 0 radical (unpaired) electrons. The number of rotatable bonds is 10. The van der Waals surface area contributed by atoms with Gasteiger partial charge in [0.25, 0.3) is 11.5 Å². The van der Waals surface area contributed by atoms with Crippen LogP contribution >= 0.6 is 46.4 Å². The van der Waals surface area contributed by atoms with E-state index in [0.717, 1.165) is 42.0 Å². The average Bonchev–Trinajstić information content (AvgIpc) is 3.19. The van der Waals surface area contributed by atoms with Gasteiger partial charge in [-0.1, -0.05) is 72.1 Å². The van der Waals surface area contributed by atoms with Crippen molar-refractivity contribution in [1.82, 2.24) is 9.13 Å². The van der Waals surface area contributed by atoms with Gasteiger partial charge in [0.15, 0.2) is 4.84 Å². The maximum absolute atomic E-state index is 12.9. The minimum absolute atomic E-state index is 0.0104. The van der Waals surface area contributed by atoms with Crippen LogP contribution in [0.3, 0.4) is 0 Å². The van der Waals surface area contributed by atoms with Crippen LogP contribution in [0.25, 0.3) is 5.69 Å². The van der Waals surface area contributed by atoms with Gasteiger partial charge in [-0.25, -0.2) is 14.2 Å². The van der Waals surface area contributed by atoms with E-state index < -0.39 is 40.0 Å². The number of esters is 1. The maximum atomic E-state index is 12.9. The lowest BCUT2D eigenvalue weighted by Gasteiger charge is -2.35. The monoisotopic (exact) mass is 918 g/mol. The minimum Gasteiger partial charge on any atom is -0.489 e. The lowest BCUT2D eigenvalue weighted by atomic mass is 10.0. The van der Waals surface area contributed by atoms with Crippen molar-refractivity contribution in [1.29, 1.82) is 0 Å². The van der Waals surface area contributed by atoms with E-state index in [1.165, 1.54) is 12.1 Å². The summed E-state index contributed by atoms with van der Waals surface area (Å²) >= 11 is 22.9. The molecule has 1 aliphatic rings. The number of hydrogen-bond donors (Lipinski definition) is 0. The highest BCUT2D eigenvalue weighted by molar-refractivity contribution is 6.54. The summed E-state index contributed by atoms with van der Waals surface area (Å²) in [5, 5.41) is 0.0104. The normalized spacial score (nSPS) is 13.3. The Hall–Kier alpha value is -4.54. The fraction of sp³-hybridized carbons (Fsp3) is 0.390. The van der Waals surface area contributed by atoms with Gasteiger partial charge in [0, 0.05) is 19.7 Å². The summed E-state index contributed by atoms with van der Waals surface area (Å²) in [5.74, 6) is -0.586. The Labute approximate surface area is 365 Å². The number of aromatic nitrogens is 2. The number of benzene rings is 3. The Morgan fingerprint density at radius 3 is 2.25 bits per heavy atom. The van der Waals surface area contributed by atoms with E-state index in [1.807, 2.05) is 63.2 Å². The van der Waals surface area contributed by atoms with Crippen molar-refractivity contribution in [3.63, 3.8) is 0 Å². The largest absolute Gasteiger partial charge is 0.489 e. The number of carbonyl (C=O) groups is 3. The standard InChI is InChI=1S/C16H14ClF3N2O4.C14H20ClNO2.C11H11Cl2NO2/c1-8(2)26-14(24)10-6-9(4-5-11(10)17)22-13(23)7-12(16(18,19)20)21(3)15(22)25;1-4-12-8-6-7-11(3)14(12)16(10-18-5-2)13(17)9-15;1-7-6-16-9-5-3-2-4-8(9)14(7)11(15)10(12)13/h4-8H,1-3H3;6-8H,4-5,9-10H2,1-3H3;2-5,7,10H,6H2,1H3. The van der Waals surface area contributed by atoms with Crippen LogP contribution < -0.4 is 25.8 Å². The molecule has 1 aromatic heterocycles. The van der Waals surface area contributed by atoms with Gasteiger partial charge in [0.1, 0.15) is 30.7 Å². The lowest BCUT2D eigenvalue weighted by Crippen LogP contribution is -2.47. The summed E-state index contributed by atoms with van der Waals surface area (Å²) in [6, 6.07) is 17.2. The molecule has 3 aromatic carbocycles. The molecule has 0 saturated carbocycles. The fourth-order valence-electron chi connectivity index (χ4n) is 5.87. The third-order valence-corrected chi connectivity index (χ3v) is 9.59. The van der Waals surface area contributed by atoms with Crippen LogP contribution in [-0.4, -0.2) is 69.7 Å². The highest BCUT2D eigenvalue weighted by Crippen LogP contribution is 2.35. The number of halogens is 7. The smallest absolute Gasteiger partial charge is 0.431 e. The van der Waals surface area contributed by atoms with Crippen molar-refractivity contribution >= 4 is 75.6 Å². The Kier molecular flexibility index (Phi) is 18.6. The molecule has 0 aliphatic carbocycles.